The third-order valence-corrected chi connectivity index (χ3v) is 3.31. The normalized spacial score (nSPS) is 22.2. The lowest BCUT2D eigenvalue weighted by Crippen LogP contribution is -2.50. The fraction of sp³-hybridized carbons (Fsp3) is 0.846. The SMILES string of the molecule is CCOC(=O)C(CC1COCCN1C(C)C)C(=O)O. The van der Waals surface area contributed by atoms with Gasteiger partial charge in [-0.05, 0) is 27.2 Å². The molecule has 0 bridgehead atoms. The Morgan fingerprint density at radius 2 is 2.16 bits per heavy atom. The van der Waals surface area contributed by atoms with E-state index >= 15 is 0 Å². The highest BCUT2D eigenvalue weighted by molar-refractivity contribution is 5.93. The number of carboxylic acids is 1. The Balaban J connectivity index is 2.71. The number of hydrogen-bond acceptors (Lipinski definition) is 5. The maximum absolute atomic E-state index is 11.7. The first kappa shape index (κ1) is 15.9. The zero-order valence-corrected chi connectivity index (χ0v) is 11.8. The van der Waals surface area contributed by atoms with E-state index in [0.29, 0.717) is 19.3 Å². The summed E-state index contributed by atoms with van der Waals surface area (Å²) in [6.45, 7) is 7.83. The number of ether oxygens (including phenoxy) is 2. The summed E-state index contributed by atoms with van der Waals surface area (Å²) in [5.41, 5.74) is 0. The van der Waals surface area contributed by atoms with Crippen LogP contribution < -0.4 is 0 Å². The molecule has 0 spiro atoms. The monoisotopic (exact) mass is 273 g/mol. The van der Waals surface area contributed by atoms with Gasteiger partial charge in [0.25, 0.3) is 0 Å². The van der Waals surface area contributed by atoms with E-state index < -0.39 is 17.9 Å². The molecule has 2 unspecified atom stereocenters. The molecule has 1 rings (SSSR count). The van der Waals surface area contributed by atoms with Gasteiger partial charge in [-0.1, -0.05) is 0 Å². The summed E-state index contributed by atoms with van der Waals surface area (Å²) in [5.74, 6) is -2.91. The van der Waals surface area contributed by atoms with Crippen molar-refractivity contribution < 1.29 is 24.2 Å². The number of carbonyl (C=O) groups is 2. The van der Waals surface area contributed by atoms with Crippen LogP contribution in [0, 0.1) is 5.92 Å². The number of carboxylic acid groups (broad SMARTS) is 1. The number of hydrogen-bond donors (Lipinski definition) is 1. The molecule has 1 aliphatic rings. The predicted octanol–water partition coefficient (Wildman–Crippen LogP) is 0.750. The first-order valence-corrected chi connectivity index (χ1v) is 6.70. The third-order valence-electron chi connectivity index (χ3n) is 3.31. The van der Waals surface area contributed by atoms with Gasteiger partial charge < -0.3 is 14.6 Å². The molecule has 0 radical (unpaired) electrons. The van der Waals surface area contributed by atoms with Gasteiger partial charge >= 0.3 is 11.9 Å². The summed E-state index contributed by atoms with van der Waals surface area (Å²) in [4.78, 5) is 25.1. The molecule has 1 aliphatic heterocycles. The van der Waals surface area contributed by atoms with Gasteiger partial charge in [0.1, 0.15) is 0 Å². The van der Waals surface area contributed by atoms with E-state index in [1.165, 1.54) is 0 Å². The zero-order valence-electron chi connectivity index (χ0n) is 11.8. The second-order valence-corrected chi connectivity index (χ2v) is 4.94. The summed E-state index contributed by atoms with van der Waals surface area (Å²) in [5, 5.41) is 9.17. The van der Waals surface area contributed by atoms with Crippen LogP contribution in [-0.4, -0.2) is 60.4 Å². The molecule has 0 aromatic carbocycles. The third kappa shape index (κ3) is 4.47. The molecule has 0 aromatic rings. The highest BCUT2D eigenvalue weighted by atomic mass is 16.5. The first-order chi connectivity index (χ1) is 8.97. The summed E-state index contributed by atoms with van der Waals surface area (Å²) in [6, 6.07) is 0.241. The van der Waals surface area contributed by atoms with E-state index in [1.54, 1.807) is 6.92 Å². The summed E-state index contributed by atoms with van der Waals surface area (Å²) >= 11 is 0. The minimum Gasteiger partial charge on any atom is -0.481 e. The van der Waals surface area contributed by atoms with Crippen LogP contribution in [0.5, 0.6) is 0 Å². The largest absolute Gasteiger partial charge is 0.481 e. The topological polar surface area (TPSA) is 76.1 Å². The average Bonchev–Trinajstić information content (AvgIpc) is 2.36. The molecule has 1 heterocycles. The summed E-state index contributed by atoms with van der Waals surface area (Å²) in [6.07, 6.45) is 0.229. The van der Waals surface area contributed by atoms with E-state index in [0.717, 1.165) is 6.54 Å². The molecule has 2 atom stereocenters. The Morgan fingerprint density at radius 1 is 1.47 bits per heavy atom. The molecule has 1 N–H and O–H groups in total. The van der Waals surface area contributed by atoms with Crippen LogP contribution in [-0.2, 0) is 19.1 Å². The number of rotatable bonds is 6. The van der Waals surface area contributed by atoms with E-state index in [9.17, 15) is 9.59 Å². The van der Waals surface area contributed by atoms with Crippen molar-refractivity contribution in [2.24, 2.45) is 5.92 Å². The molecule has 19 heavy (non-hydrogen) atoms. The number of esters is 1. The van der Waals surface area contributed by atoms with Crippen molar-refractivity contribution in [3.8, 4) is 0 Å². The van der Waals surface area contributed by atoms with Gasteiger partial charge in [-0.15, -0.1) is 0 Å². The molecule has 0 aromatic heterocycles. The lowest BCUT2D eigenvalue weighted by Gasteiger charge is -2.39. The molecule has 0 saturated carbocycles. The van der Waals surface area contributed by atoms with Gasteiger partial charge in [0.15, 0.2) is 5.92 Å². The quantitative estimate of drug-likeness (QED) is 0.568. The van der Waals surface area contributed by atoms with E-state index in [-0.39, 0.29) is 19.1 Å². The molecule has 6 heteroatoms. The fourth-order valence-corrected chi connectivity index (χ4v) is 2.36. The number of nitrogens with zero attached hydrogens (tertiary/aromatic N) is 1. The zero-order chi connectivity index (χ0) is 14.4. The second kappa shape index (κ2) is 7.45. The number of carbonyl (C=O) groups excluding carboxylic acids is 1. The van der Waals surface area contributed by atoms with Crippen LogP contribution in [0.4, 0.5) is 0 Å². The van der Waals surface area contributed by atoms with Gasteiger partial charge in [-0.3, -0.25) is 14.5 Å². The molecule has 1 saturated heterocycles. The lowest BCUT2D eigenvalue weighted by atomic mass is 9.97. The molecule has 110 valence electrons. The smallest absolute Gasteiger partial charge is 0.320 e. The molecule has 1 fully saturated rings. The number of morpholine rings is 1. The maximum Gasteiger partial charge on any atom is 0.320 e. The Morgan fingerprint density at radius 3 is 2.68 bits per heavy atom. The van der Waals surface area contributed by atoms with Crippen molar-refractivity contribution in [1.82, 2.24) is 4.90 Å². The summed E-state index contributed by atoms with van der Waals surface area (Å²) in [7, 11) is 0. The molecular formula is C13H23NO5. The van der Waals surface area contributed by atoms with Crippen LogP contribution in [0.2, 0.25) is 0 Å². The maximum atomic E-state index is 11.7. The lowest BCUT2D eigenvalue weighted by molar-refractivity contribution is -0.160. The van der Waals surface area contributed by atoms with Gasteiger partial charge in [-0.25, -0.2) is 0 Å². The first-order valence-electron chi connectivity index (χ1n) is 6.70. The van der Waals surface area contributed by atoms with Crippen LogP contribution >= 0.6 is 0 Å². The van der Waals surface area contributed by atoms with Crippen molar-refractivity contribution in [3.05, 3.63) is 0 Å². The molecule has 6 nitrogen and oxygen atoms in total. The van der Waals surface area contributed by atoms with Crippen LogP contribution in [0.15, 0.2) is 0 Å². The Bertz CT molecular complexity index is 318. The minimum atomic E-state index is -1.13. The molecule has 0 amide bonds. The minimum absolute atomic E-state index is 0.0562. The fourth-order valence-electron chi connectivity index (χ4n) is 2.36. The highest BCUT2D eigenvalue weighted by Gasteiger charge is 2.35. The van der Waals surface area contributed by atoms with Crippen molar-refractivity contribution >= 4 is 11.9 Å². The van der Waals surface area contributed by atoms with Gasteiger partial charge in [-0.2, -0.15) is 0 Å². The van der Waals surface area contributed by atoms with Crippen LogP contribution in [0.25, 0.3) is 0 Å². The Hall–Kier alpha value is -1.14. The van der Waals surface area contributed by atoms with Crippen molar-refractivity contribution in [1.29, 1.82) is 0 Å². The second-order valence-electron chi connectivity index (χ2n) is 4.94. The average molecular weight is 273 g/mol. The molecular weight excluding hydrogens is 250 g/mol. The van der Waals surface area contributed by atoms with Crippen LogP contribution in [0.3, 0.4) is 0 Å². The molecule has 0 aliphatic carbocycles. The van der Waals surface area contributed by atoms with Gasteiger partial charge in [0.05, 0.1) is 19.8 Å². The summed E-state index contributed by atoms with van der Waals surface area (Å²) < 4.78 is 10.2. The van der Waals surface area contributed by atoms with E-state index in [2.05, 4.69) is 18.7 Å². The Labute approximate surface area is 113 Å². The highest BCUT2D eigenvalue weighted by Crippen LogP contribution is 2.19. The van der Waals surface area contributed by atoms with E-state index in [1.807, 2.05) is 0 Å². The van der Waals surface area contributed by atoms with Crippen molar-refractivity contribution in [2.45, 2.75) is 39.3 Å². The van der Waals surface area contributed by atoms with Crippen LogP contribution in [0.1, 0.15) is 27.2 Å². The standard InChI is InChI=1S/C13H23NO5/c1-4-19-13(17)11(12(15)16)7-10-8-18-6-5-14(10)9(2)3/h9-11H,4-8H2,1-3H3,(H,15,16). The van der Waals surface area contributed by atoms with Gasteiger partial charge in [0, 0.05) is 18.6 Å². The number of aliphatic carboxylic acids is 1. The Kier molecular flexibility index (Phi) is 6.24. The predicted molar refractivity (Wildman–Crippen MR) is 68.8 cm³/mol. The van der Waals surface area contributed by atoms with Gasteiger partial charge in [0.2, 0.25) is 0 Å². The van der Waals surface area contributed by atoms with Crippen molar-refractivity contribution in [3.63, 3.8) is 0 Å². The van der Waals surface area contributed by atoms with Crippen molar-refractivity contribution in [2.75, 3.05) is 26.4 Å². The van der Waals surface area contributed by atoms with E-state index in [4.69, 9.17) is 14.6 Å².